The van der Waals surface area contributed by atoms with Crippen molar-refractivity contribution in [3.63, 3.8) is 0 Å². The summed E-state index contributed by atoms with van der Waals surface area (Å²) in [6, 6.07) is 5.24. The van der Waals surface area contributed by atoms with Crippen LogP contribution in [0.5, 0.6) is 11.5 Å². The number of nitrogens with zero attached hydrogens (tertiary/aromatic N) is 2. The van der Waals surface area contributed by atoms with Gasteiger partial charge in [-0.1, -0.05) is 0 Å². The average molecular weight is 306 g/mol. The Morgan fingerprint density at radius 2 is 1.73 bits per heavy atom. The van der Waals surface area contributed by atoms with Crippen molar-refractivity contribution in [3.8, 4) is 11.5 Å². The lowest BCUT2D eigenvalue weighted by Crippen LogP contribution is -2.48. The zero-order valence-corrected chi connectivity index (χ0v) is 13.1. The van der Waals surface area contributed by atoms with E-state index in [1.165, 1.54) is 0 Å². The summed E-state index contributed by atoms with van der Waals surface area (Å²) in [5.41, 5.74) is 0.575. The highest BCUT2D eigenvalue weighted by Gasteiger charge is 2.22. The van der Waals surface area contributed by atoms with Crippen molar-refractivity contribution in [2.75, 3.05) is 39.4 Å². The van der Waals surface area contributed by atoms with Crippen molar-refractivity contribution >= 4 is 12.3 Å². The predicted octanol–water partition coefficient (Wildman–Crippen LogP) is 1.40. The quantitative estimate of drug-likeness (QED) is 0.745. The second-order valence-corrected chi connectivity index (χ2v) is 4.96. The largest absolute Gasteiger partial charge is 0.490 e. The van der Waals surface area contributed by atoms with E-state index in [1.54, 1.807) is 28.0 Å². The maximum atomic E-state index is 12.5. The SMILES string of the molecule is CCOc1ccc(C(=O)N2CCN(C=O)CC2)cc1OCC. The van der Waals surface area contributed by atoms with E-state index in [1.807, 2.05) is 13.8 Å². The number of hydrogen-bond acceptors (Lipinski definition) is 4. The van der Waals surface area contributed by atoms with Gasteiger partial charge in [-0.2, -0.15) is 0 Å². The topological polar surface area (TPSA) is 59.1 Å². The van der Waals surface area contributed by atoms with Gasteiger partial charge in [0, 0.05) is 31.7 Å². The smallest absolute Gasteiger partial charge is 0.254 e. The number of benzene rings is 1. The minimum absolute atomic E-state index is 0.0467. The summed E-state index contributed by atoms with van der Waals surface area (Å²) in [6.07, 6.45) is 0.825. The highest BCUT2D eigenvalue weighted by atomic mass is 16.5. The third kappa shape index (κ3) is 3.69. The monoisotopic (exact) mass is 306 g/mol. The molecule has 2 rings (SSSR count). The summed E-state index contributed by atoms with van der Waals surface area (Å²) in [4.78, 5) is 26.7. The molecule has 1 aromatic carbocycles. The zero-order chi connectivity index (χ0) is 15.9. The summed E-state index contributed by atoms with van der Waals surface area (Å²) in [5, 5.41) is 0. The van der Waals surface area contributed by atoms with Crippen molar-refractivity contribution in [3.05, 3.63) is 23.8 Å². The van der Waals surface area contributed by atoms with Gasteiger partial charge in [0.05, 0.1) is 13.2 Å². The molecule has 0 N–H and O–H groups in total. The second-order valence-electron chi connectivity index (χ2n) is 4.96. The van der Waals surface area contributed by atoms with Crippen LogP contribution in [0.2, 0.25) is 0 Å². The average Bonchev–Trinajstić information content (AvgIpc) is 2.56. The molecular formula is C16H22N2O4. The Hall–Kier alpha value is -2.24. The van der Waals surface area contributed by atoms with Gasteiger partial charge >= 0.3 is 0 Å². The van der Waals surface area contributed by atoms with Crippen molar-refractivity contribution in [1.29, 1.82) is 0 Å². The summed E-state index contributed by atoms with van der Waals surface area (Å²) < 4.78 is 11.1. The standard InChI is InChI=1S/C16H22N2O4/c1-3-21-14-6-5-13(11-15(14)22-4-2)16(20)18-9-7-17(12-19)8-10-18/h5-6,11-12H,3-4,7-10H2,1-2H3. The molecule has 1 heterocycles. The van der Waals surface area contributed by atoms with Gasteiger partial charge < -0.3 is 19.3 Å². The lowest BCUT2D eigenvalue weighted by molar-refractivity contribution is -0.119. The molecule has 1 aliphatic rings. The fourth-order valence-electron chi connectivity index (χ4n) is 2.40. The van der Waals surface area contributed by atoms with Crippen molar-refractivity contribution in [2.45, 2.75) is 13.8 Å². The first-order valence-corrected chi connectivity index (χ1v) is 7.57. The Labute approximate surface area is 130 Å². The molecule has 0 unspecified atom stereocenters. The van der Waals surface area contributed by atoms with E-state index in [-0.39, 0.29) is 5.91 Å². The summed E-state index contributed by atoms with van der Waals surface area (Å²) >= 11 is 0. The first kappa shape index (κ1) is 16.1. The fraction of sp³-hybridized carbons (Fsp3) is 0.500. The maximum absolute atomic E-state index is 12.5. The molecule has 6 heteroatoms. The number of hydrogen-bond donors (Lipinski definition) is 0. The van der Waals surface area contributed by atoms with E-state index >= 15 is 0 Å². The summed E-state index contributed by atoms with van der Waals surface area (Å²) in [7, 11) is 0. The van der Waals surface area contributed by atoms with Crippen LogP contribution in [0.1, 0.15) is 24.2 Å². The summed E-state index contributed by atoms with van der Waals surface area (Å²) in [6.45, 7) is 7.10. The third-order valence-corrected chi connectivity index (χ3v) is 3.54. The minimum atomic E-state index is -0.0467. The minimum Gasteiger partial charge on any atom is -0.490 e. The number of rotatable bonds is 6. The molecule has 1 aliphatic heterocycles. The van der Waals surface area contributed by atoms with Crippen LogP contribution < -0.4 is 9.47 Å². The number of ether oxygens (including phenoxy) is 2. The number of amides is 2. The van der Waals surface area contributed by atoms with Gasteiger partial charge in [-0.25, -0.2) is 0 Å². The highest BCUT2D eigenvalue weighted by molar-refractivity contribution is 5.95. The van der Waals surface area contributed by atoms with E-state index in [9.17, 15) is 9.59 Å². The normalized spacial score (nSPS) is 14.6. The van der Waals surface area contributed by atoms with E-state index in [0.717, 1.165) is 6.41 Å². The number of carbonyl (C=O) groups is 2. The molecule has 22 heavy (non-hydrogen) atoms. The van der Waals surface area contributed by atoms with Crippen LogP contribution in [-0.4, -0.2) is 61.5 Å². The molecule has 0 spiro atoms. The first-order valence-electron chi connectivity index (χ1n) is 7.57. The third-order valence-electron chi connectivity index (χ3n) is 3.54. The predicted molar refractivity (Wildman–Crippen MR) is 82.3 cm³/mol. The van der Waals surface area contributed by atoms with Crippen molar-refractivity contribution in [2.24, 2.45) is 0 Å². The van der Waals surface area contributed by atoms with Gasteiger partial charge in [-0.15, -0.1) is 0 Å². The molecule has 6 nitrogen and oxygen atoms in total. The highest BCUT2D eigenvalue weighted by Crippen LogP contribution is 2.29. The van der Waals surface area contributed by atoms with Crippen LogP contribution in [0, 0.1) is 0 Å². The van der Waals surface area contributed by atoms with Gasteiger partial charge in [-0.05, 0) is 32.0 Å². The Morgan fingerprint density at radius 1 is 1.09 bits per heavy atom. The van der Waals surface area contributed by atoms with Crippen LogP contribution in [0.15, 0.2) is 18.2 Å². The second kappa shape index (κ2) is 7.68. The molecule has 0 saturated carbocycles. The van der Waals surface area contributed by atoms with E-state index in [0.29, 0.717) is 56.5 Å². The molecule has 0 radical (unpaired) electrons. The van der Waals surface area contributed by atoms with Crippen molar-refractivity contribution in [1.82, 2.24) is 9.80 Å². The lowest BCUT2D eigenvalue weighted by atomic mass is 10.1. The van der Waals surface area contributed by atoms with E-state index < -0.39 is 0 Å². The van der Waals surface area contributed by atoms with Crippen LogP contribution in [0.3, 0.4) is 0 Å². The molecule has 0 aromatic heterocycles. The zero-order valence-electron chi connectivity index (χ0n) is 13.1. The number of piperazine rings is 1. The Balaban J connectivity index is 2.12. The van der Waals surface area contributed by atoms with Gasteiger partial charge in [0.2, 0.25) is 6.41 Å². The molecule has 0 bridgehead atoms. The molecule has 0 atom stereocenters. The Kier molecular flexibility index (Phi) is 5.63. The van der Waals surface area contributed by atoms with Crippen LogP contribution >= 0.6 is 0 Å². The molecule has 1 aromatic rings. The van der Waals surface area contributed by atoms with Crippen molar-refractivity contribution < 1.29 is 19.1 Å². The fourth-order valence-corrected chi connectivity index (χ4v) is 2.40. The molecule has 1 fully saturated rings. The van der Waals surface area contributed by atoms with Gasteiger partial charge in [-0.3, -0.25) is 9.59 Å². The molecule has 0 aliphatic carbocycles. The van der Waals surface area contributed by atoms with Crippen LogP contribution in [-0.2, 0) is 4.79 Å². The molecule has 120 valence electrons. The molecule has 2 amide bonds. The lowest BCUT2D eigenvalue weighted by Gasteiger charge is -2.32. The Bertz CT molecular complexity index is 525. The molecular weight excluding hydrogens is 284 g/mol. The summed E-state index contributed by atoms with van der Waals surface area (Å²) in [5.74, 6) is 1.18. The maximum Gasteiger partial charge on any atom is 0.254 e. The van der Waals surface area contributed by atoms with E-state index in [4.69, 9.17) is 9.47 Å². The van der Waals surface area contributed by atoms with Gasteiger partial charge in [0.15, 0.2) is 11.5 Å². The molecule has 1 saturated heterocycles. The van der Waals surface area contributed by atoms with Crippen LogP contribution in [0.25, 0.3) is 0 Å². The van der Waals surface area contributed by atoms with Crippen LogP contribution in [0.4, 0.5) is 0 Å². The first-order chi connectivity index (χ1) is 10.7. The number of carbonyl (C=O) groups excluding carboxylic acids is 2. The van der Waals surface area contributed by atoms with Gasteiger partial charge in [0.25, 0.3) is 5.91 Å². The Morgan fingerprint density at radius 3 is 2.32 bits per heavy atom. The van der Waals surface area contributed by atoms with Gasteiger partial charge in [0.1, 0.15) is 0 Å². The van der Waals surface area contributed by atoms with E-state index in [2.05, 4.69) is 0 Å².